The maximum Gasteiger partial charge on any atom is 2.00 e. The Morgan fingerprint density at radius 1 is 1.22 bits per heavy atom. The second kappa shape index (κ2) is 10.3. The van der Waals surface area contributed by atoms with E-state index >= 15 is 0 Å². The minimum absolute atomic E-state index is 0. The fourth-order valence-electron chi connectivity index (χ4n) is 3.11. The van der Waals surface area contributed by atoms with Crippen LogP contribution in [0, 0.1) is 5.92 Å². The van der Waals surface area contributed by atoms with Gasteiger partial charge in [-0.1, -0.05) is 60.9 Å². The van der Waals surface area contributed by atoms with Gasteiger partial charge in [-0.15, -0.1) is 11.8 Å². The summed E-state index contributed by atoms with van der Waals surface area (Å²) < 4.78 is 0. The van der Waals surface area contributed by atoms with Crippen LogP contribution < -0.4 is 24.8 Å². The molecule has 3 aliphatic rings. The van der Waals surface area contributed by atoms with Crippen molar-refractivity contribution in [3.63, 3.8) is 0 Å². The van der Waals surface area contributed by atoms with Crippen LogP contribution in [0.25, 0.3) is 0 Å². The van der Waals surface area contributed by atoms with Crippen LogP contribution in [0.5, 0.6) is 0 Å². The van der Waals surface area contributed by atoms with Gasteiger partial charge in [0.25, 0.3) is 0 Å². The summed E-state index contributed by atoms with van der Waals surface area (Å²) in [6.45, 7) is 6.65. The van der Waals surface area contributed by atoms with E-state index in [9.17, 15) is 0 Å². The molecule has 0 nitrogen and oxygen atoms in total. The molecule has 4 heteroatoms. The van der Waals surface area contributed by atoms with Gasteiger partial charge in [-0.05, 0) is 37.5 Å². The minimum atomic E-state index is 0. The van der Waals surface area contributed by atoms with Crippen molar-refractivity contribution in [2.45, 2.75) is 38.9 Å². The minimum Gasteiger partial charge on any atom is -1.00 e. The van der Waals surface area contributed by atoms with Gasteiger partial charge in [-0.2, -0.15) is 0 Å². The molecule has 0 aromatic heterocycles. The monoisotopic (exact) mass is 442 g/mol. The molecule has 0 amide bonds. The molecule has 0 bridgehead atoms. The van der Waals surface area contributed by atoms with E-state index in [1.807, 2.05) is 11.8 Å². The molecular formula is C19H22Cl2SZr. The summed E-state index contributed by atoms with van der Waals surface area (Å²) in [4.78, 5) is 1.45. The Morgan fingerprint density at radius 3 is 2.61 bits per heavy atom. The fraction of sp³-hybridized carbons (Fsp3) is 0.368. The van der Waals surface area contributed by atoms with E-state index in [1.54, 1.807) is 5.57 Å². The van der Waals surface area contributed by atoms with Crippen molar-refractivity contribution in [1.82, 2.24) is 0 Å². The van der Waals surface area contributed by atoms with Crippen LogP contribution in [0.2, 0.25) is 0 Å². The molecule has 0 spiro atoms. The summed E-state index contributed by atoms with van der Waals surface area (Å²) >= 11 is 2.00. The van der Waals surface area contributed by atoms with E-state index in [4.69, 9.17) is 0 Å². The molecule has 1 heterocycles. The number of allylic oxidation sites excluding steroid dienone is 9. The van der Waals surface area contributed by atoms with Crippen molar-refractivity contribution in [3.05, 3.63) is 69.7 Å². The van der Waals surface area contributed by atoms with Gasteiger partial charge in [0.05, 0.1) is 5.25 Å². The van der Waals surface area contributed by atoms with Gasteiger partial charge < -0.3 is 24.8 Å². The Morgan fingerprint density at radius 2 is 1.96 bits per heavy atom. The predicted octanol–water partition coefficient (Wildman–Crippen LogP) is -0.264. The van der Waals surface area contributed by atoms with Gasteiger partial charge in [0.2, 0.25) is 0 Å². The first-order valence-corrected chi connectivity index (χ1v) is 8.40. The van der Waals surface area contributed by atoms with Crippen LogP contribution in [0.1, 0.15) is 33.6 Å². The molecule has 0 saturated heterocycles. The van der Waals surface area contributed by atoms with Crippen LogP contribution in [-0.2, 0) is 26.2 Å². The van der Waals surface area contributed by atoms with Crippen molar-refractivity contribution in [3.8, 4) is 0 Å². The number of hydrogen-bond donors (Lipinski definition) is 0. The Kier molecular flexibility index (Phi) is 10.4. The smallest absolute Gasteiger partial charge is 1.00 e. The number of fused-ring (bicyclic) bond motifs is 1. The third-order valence-electron chi connectivity index (χ3n) is 3.94. The molecule has 2 unspecified atom stereocenters. The van der Waals surface area contributed by atoms with Crippen molar-refractivity contribution in [2.24, 2.45) is 5.92 Å². The molecular weight excluding hydrogens is 422 g/mol. The number of rotatable bonds is 4. The maximum atomic E-state index is 2.47. The molecule has 0 aromatic rings. The quantitative estimate of drug-likeness (QED) is 0.539. The Labute approximate surface area is 176 Å². The first-order chi connectivity index (χ1) is 9.69. The van der Waals surface area contributed by atoms with Gasteiger partial charge in [0.1, 0.15) is 0 Å². The Balaban J connectivity index is 0.00000161. The molecule has 2 aliphatic carbocycles. The normalized spacial score (nSPS) is 23.4. The van der Waals surface area contributed by atoms with E-state index < -0.39 is 0 Å². The zero-order chi connectivity index (χ0) is 14.1. The first kappa shape index (κ1) is 23.3. The fourth-order valence-corrected chi connectivity index (χ4v) is 4.61. The van der Waals surface area contributed by atoms with Crippen molar-refractivity contribution in [2.75, 3.05) is 0 Å². The van der Waals surface area contributed by atoms with E-state index in [2.05, 4.69) is 63.3 Å². The molecule has 0 saturated carbocycles. The van der Waals surface area contributed by atoms with Gasteiger partial charge in [0, 0.05) is 10.8 Å². The molecule has 1 aliphatic heterocycles. The van der Waals surface area contributed by atoms with Crippen LogP contribution in [-0.4, -0.2) is 5.25 Å². The van der Waals surface area contributed by atoms with E-state index in [0.29, 0.717) is 11.2 Å². The Hall–Kier alpha value is 0.253. The summed E-state index contributed by atoms with van der Waals surface area (Å²) in [5.74, 6) is 0.494. The standard InChI is InChI=1S/C19H22S.2ClH.Zr/c1-4-6-14-9-10-15(12-14)19-16-7-5-8-17(16)20-18(19)11-13(2)3;;;/h5,7-12,15,18H,4,6H2,1-3H3;2*1H;/q;;;+2/p-2. The molecule has 0 N–H and O–H groups in total. The molecule has 3 rings (SSSR count). The van der Waals surface area contributed by atoms with E-state index in [1.165, 1.54) is 34.5 Å². The number of thioether (sulfide) groups is 1. The third-order valence-corrected chi connectivity index (χ3v) is 5.20. The molecule has 0 radical (unpaired) electrons. The van der Waals surface area contributed by atoms with Crippen molar-refractivity contribution in [1.29, 1.82) is 0 Å². The zero-order valence-electron chi connectivity index (χ0n) is 13.8. The molecule has 122 valence electrons. The molecule has 23 heavy (non-hydrogen) atoms. The second-order valence-corrected chi connectivity index (χ2v) is 7.10. The SMILES string of the molecule is CCCC1=CC(C2=C3C=CC=C3SC2C=C(C)C)C=C1.[Cl-].[Cl-].[Zr+2]. The third kappa shape index (κ3) is 5.11. The van der Waals surface area contributed by atoms with E-state index in [0.717, 1.165) is 0 Å². The molecule has 0 aromatic carbocycles. The van der Waals surface area contributed by atoms with Crippen molar-refractivity contribution >= 4 is 11.8 Å². The van der Waals surface area contributed by atoms with Gasteiger partial charge in [-0.3, -0.25) is 0 Å². The Bertz CT molecular complexity index is 605. The average Bonchev–Trinajstić information content (AvgIpc) is 3.04. The van der Waals surface area contributed by atoms with Gasteiger partial charge >= 0.3 is 26.2 Å². The average molecular weight is 445 g/mol. The van der Waals surface area contributed by atoms with Crippen LogP contribution in [0.3, 0.4) is 0 Å². The molecule has 0 fully saturated rings. The van der Waals surface area contributed by atoms with Gasteiger partial charge in [0.15, 0.2) is 0 Å². The summed E-state index contributed by atoms with van der Waals surface area (Å²) in [6, 6.07) is 0. The summed E-state index contributed by atoms with van der Waals surface area (Å²) in [5.41, 5.74) is 5.97. The number of hydrogen-bond acceptors (Lipinski definition) is 1. The molecule has 2 atom stereocenters. The van der Waals surface area contributed by atoms with Crippen LogP contribution >= 0.6 is 11.8 Å². The summed E-state index contributed by atoms with van der Waals surface area (Å²) in [5, 5.41) is 0.512. The van der Waals surface area contributed by atoms with Crippen molar-refractivity contribution < 1.29 is 51.0 Å². The van der Waals surface area contributed by atoms with E-state index in [-0.39, 0.29) is 51.0 Å². The topological polar surface area (TPSA) is 0 Å². The van der Waals surface area contributed by atoms with Gasteiger partial charge in [-0.25, -0.2) is 0 Å². The summed E-state index contributed by atoms with van der Waals surface area (Å²) in [7, 11) is 0. The zero-order valence-corrected chi connectivity index (χ0v) is 18.6. The summed E-state index contributed by atoms with van der Waals surface area (Å²) in [6.07, 6.45) is 18.8. The predicted molar refractivity (Wildman–Crippen MR) is 90.7 cm³/mol. The van der Waals surface area contributed by atoms with Crippen LogP contribution in [0.15, 0.2) is 69.7 Å². The number of halogens is 2. The maximum absolute atomic E-state index is 2.47. The second-order valence-electron chi connectivity index (χ2n) is 5.92. The van der Waals surface area contributed by atoms with Crippen LogP contribution in [0.4, 0.5) is 0 Å². The first-order valence-electron chi connectivity index (χ1n) is 7.52. The largest absolute Gasteiger partial charge is 2.00 e.